The first-order valence-corrected chi connectivity index (χ1v) is 6.04. The summed E-state index contributed by atoms with van der Waals surface area (Å²) in [5.74, 6) is 0.561. The van der Waals surface area contributed by atoms with Crippen LogP contribution in [-0.2, 0) is 0 Å². The summed E-state index contributed by atoms with van der Waals surface area (Å²) in [4.78, 5) is 10.9. The number of ether oxygens (including phenoxy) is 1. The van der Waals surface area contributed by atoms with Crippen LogP contribution < -0.4 is 4.74 Å². The Morgan fingerprint density at radius 1 is 1.41 bits per heavy atom. The Morgan fingerprint density at radius 2 is 2.12 bits per heavy atom. The lowest BCUT2D eigenvalue weighted by atomic mass is 10.0. The number of carbonyl (C=O) groups excluding carboxylic acids is 1. The molecular formula is C14H18O3. The van der Waals surface area contributed by atoms with Crippen molar-refractivity contribution >= 4 is 6.29 Å². The average Bonchev–Trinajstić information content (AvgIpc) is 2.75. The van der Waals surface area contributed by atoms with Gasteiger partial charge in [-0.05, 0) is 31.9 Å². The molecule has 1 fully saturated rings. The van der Waals surface area contributed by atoms with Crippen LogP contribution in [0.1, 0.15) is 41.6 Å². The van der Waals surface area contributed by atoms with Gasteiger partial charge in [0.25, 0.3) is 0 Å². The number of hydrogen-bond acceptors (Lipinski definition) is 3. The standard InChI is InChI=1S/C14H18O3/c1-11-4-5-13(12(8-11)9-15)17-10-14(16)6-2-3-7-14/h4-5,8-9,16H,2-3,6-7,10H2,1H3. The summed E-state index contributed by atoms with van der Waals surface area (Å²) in [5, 5.41) is 10.2. The lowest BCUT2D eigenvalue weighted by molar-refractivity contribution is 0.00122. The molecule has 1 N–H and O–H groups in total. The second-order valence-electron chi connectivity index (χ2n) is 4.88. The maximum Gasteiger partial charge on any atom is 0.153 e. The maximum absolute atomic E-state index is 10.9. The Labute approximate surface area is 101 Å². The van der Waals surface area contributed by atoms with Crippen molar-refractivity contribution < 1.29 is 14.6 Å². The summed E-state index contributed by atoms with van der Waals surface area (Å²) in [6.07, 6.45) is 4.47. The minimum atomic E-state index is -0.703. The van der Waals surface area contributed by atoms with Gasteiger partial charge in [-0.15, -0.1) is 0 Å². The van der Waals surface area contributed by atoms with Gasteiger partial charge in [-0.25, -0.2) is 0 Å². The van der Waals surface area contributed by atoms with Crippen molar-refractivity contribution in [1.82, 2.24) is 0 Å². The van der Waals surface area contributed by atoms with Crippen molar-refractivity contribution in [3.05, 3.63) is 29.3 Å². The number of aryl methyl sites for hydroxylation is 1. The summed E-state index contributed by atoms with van der Waals surface area (Å²) in [6.45, 7) is 2.21. The minimum Gasteiger partial charge on any atom is -0.490 e. The van der Waals surface area contributed by atoms with Gasteiger partial charge in [0.2, 0.25) is 0 Å². The molecule has 0 spiro atoms. The zero-order valence-corrected chi connectivity index (χ0v) is 10.1. The van der Waals surface area contributed by atoms with E-state index in [0.717, 1.165) is 37.5 Å². The first kappa shape index (κ1) is 12.1. The van der Waals surface area contributed by atoms with E-state index < -0.39 is 5.60 Å². The number of aldehydes is 1. The Hall–Kier alpha value is -1.35. The van der Waals surface area contributed by atoms with E-state index in [0.29, 0.717) is 11.3 Å². The van der Waals surface area contributed by atoms with Crippen molar-refractivity contribution in [2.24, 2.45) is 0 Å². The third-order valence-electron chi connectivity index (χ3n) is 3.32. The molecule has 0 amide bonds. The van der Waals surface area contributed by atoms with Gasteiger partial charge in [-0.2, -0.15) is 0 Å². The van der Waals surface area contributed by atoms with Gasteiger partial charge in [-0.3, -0.25) is 4.79 Å². The Morgan fingerprint density at radius 3 is 2.76 bits per heavy atom. The van der Waals surface area contributed by atoms with E-state index in [-0.39, 0.29) is 6.61 Å². The molecule has 1 aromatic rings. The van der Waals surface area contributed by atoms with Gasteiger partial charge in [-0.1, -0.05) is 24.5 Å². The van der Waals surface area contributed by atoms with Crippen LogP contribution in [0.3, 0.4) is 0 Å². The fourth-order valence-corrected chi connectivity index (χ4v) is 2.28. The summed E-state index contributed by atoms with van der Waals surface area (Å²) in [6, 6.07) is 5.49. The molecule has 0 aliphatic heterocycles. The van der Waals surface area contributed by atoms with Crippen molar-refractivity contribution in [2.45, 2.75) is 38.2 Å². The third kappa shape index (κ3) is 2.86. The van der Waals surface area contributed by atoms with Crippen LogP contribution >= 0.6 is 0 Å². The van der Waals surface area contributed by atoms with E-state index in [1.807, 2.05) is 13.0 Å². The molecule has 92 valence electrons. The normalized spacial score (nSPS) is 18.0. The molecule has 0 aromatic heterocycles. The van der Waals surface area contributed by atoms with Crippen molar-refractivity contribution in [2.75, 3.05) is 6.61 Å². The van der Waals surface area contributed by atoms with Gasteiger partial charge < -0.3 is 9.84 Å². The Balaban J connectivity index is 2.05. The van der Waals surface area contributed by atoms with Gasteiger partial charge in [0, 0.05) is 0 Å². The van der Waals surface area contributed by atoms with Gasteiger partial charge in [0.05, 0.1) is 11.2 Å². The number of hydrogen-bond donors (Lipinski definition) is 1. The monoisotopic (exact) mass is 234 g/mol. The molecule has 1 aliphatic carbocycles. The summed E-state index contributed by atoms with van der Waals surface area (Å²) < 4.78 is 5.59. The molecule has 0 radical (unpaired) electrons. The molecule has 0 unspecified atom stereocenters. The van der Waals surface area contributed by atoms with Crippen LogP contribution in [0.5, 0.6) is 5.75 Å². The molecule has 1 aromatic carbocycles. The van der Waals surface area contributed by atoms with Crippen molar-refractivity contribution in [1.29, 1.82) is 0 Å². The maximum atomic E-state index is 10.9. The summed E-state index contributed by atoms with van der Waals surface area (Å²) in [7, 11) is 0. The fraction of sp³-hybridized carbons (Fsp3) is 0.500. The van der Waals surface area contributed by atoms with E-state index in [1.54, 1.807) is 12.1 Å². The molecule has 2 rings (SSSR count). The highest BCUT2D eigenvalue weighted by atomic mass is 16.5. The van der Waals surface area contributed by atoms with E-state index in [2.05, 4.69) is 0 Å². The highest BCUT2D eigenvalue weighted by Crippen LogP contribution is 2.30. The zero-order chi connectivity index (χ0) is 12.3. The van der Waals surface area contributed by atoms with Crippen LogP contribution in [0.2, 0.25) is 0 Å². The molecule has 17 heavy (non-hydrogen) atoms. The van der Waals surface area contributed by atoms with Gasteiger partial charge in [0.1, 0.15) is 12.4 Å². The molecule has 1 aliphatic rings. The second kappa shape index (κ2) is 4.88. The smallest absolute Gasteiger partial charge is 0.153 e. The molecule has 0 heterocycles. The molecule has 0 bridgehead atoms. The fourth-order valence-electron chi connectivity index (χ4n) is 2.28. The van der Waals surface area contributed by atoms with E-state index in [4.69, 9.17) is 4.74 Å². The highest BCUT2D eigenvalue weighted by molar-refractivity contribution is 5.79. The first-order chi connectivity index (χ1) is 8.13. The Bertz CT molecular complexity index is 406. The molecule has 3 heteroatoms. The topological polar surface area (TPSA) is 46.5 Å². The van der Waals surface area contributed by atoms with E-state index >= 15 is 0 Å². The molecule has 1 saturated carbocycles. The summed E-state index contributed by atoms with van der Waals surface area (Å²) in [5.41, 5.74) is 0.871. The third-order valence-corrected chi connectivity index (χ3v) is 3.32. The first-order valence-electron chi connectivity index (χ1n) is 6.04. The largest absolute Gasteiger partial charge is 0.490 e. The Kier molecular flexibility index (Phi) is 3.48. The van der Waals surface area contributed by atoms with E-state index in [9.17, 15) is 9.90 Å². The molecular weight excluding hydrogens is 216 g/mol. The van der Waals surface area contributed by atoms with Crippen LogP contribution in [0, 0.1) is 6.92 Å². The SMILES string of the molecule is Cc1ccc(OCC2(O)CCCC2)c(C=O)c1. The zero-order valence-electron chi connectivity index (χ0n) is 10.1. The van der Waals surface area contributed by atoms with Gasteiger partial charge >= 0.3 is 0 Å². The lowest BCUT2D eigenvalue weighted by Gasteiger charge is -2.22. The second-order valence-corrected chi connectivity index (χ2v) is 4.88. The van der Waals surface area contributed by atoms with Crippen LogP contribution in [-0.4, -0.2) is 23.6 Å². The van der Waals surface area contributed by atoms with Crippen LogP contribution in [0.4, 0.5) is 0 Å². The molecule has 3 nitrogen and oxygen atoms in total. The van der Waals surface area contributed by atoms with Crippen LogP contribution in [0.15, 0.2) is 18.2 Å². The quantitative estimate of drug-likeness (QED) is 0.814. The number of rotatable bonds is 4. The van der Waals surface area contributed by atoms with Crippen molar-refractivity contribution in [3.63, 3.8) is 0 Å². The van der Waals surface area contributed by atoms with E-state index in [1.165, 1.54) is 0 Å². The van der Waals surface area contributed by atoms with Crippen molar-refractivity contribution in [3.8, 4) is 5.75 Å². The van der Waals surface area contributed by atoms with Gasteiger partial charge in [0.15, 0.2) is 6.29 Å². The molecule has 0 saturated heterocycles. The predicted octanol–water partition coefficient (Wildman–Crippen LogP) is 2.49. The molecule has 0 atom stereocenters. The highest BCUT2D eigenvalue weighted by Gasteiger charge is 2.32. The number of carbonyl (C=O) groups is 1. The minimum absolute atomic E-state index is 0.275. The number of benzene rings is 1. The summed E-state index contributed by atoms with van der Waals surface area (Å²) >= 11 is 0. The number of aliphatic hydroxyl groups is 1. The van der Waals surface area contributed by atoms with Crippen LogP contribution in [0.25, 0.3) is 0 Å². The predicted molar refractivity (Wildman–Crippen MR) is 65.5 cm³/mol. The lowest BCUT2D eigenvalue weighted by Crippen LogP contribution is -2.32. The average molecular weight is 234 g/mol.